The molecule has 0 aromatic heterocycles. The molecule has 0 spiro atoms. The van der Waals surface area contributed by atoms with Gasteiger partial charge in [0.05, 0.1) is 5.75 Å². The van der Waals surface area contributed by atoms with Crippen molar-refractivity contribution in [2.45, 2.75) is 26.7 Å². The fourth-order valence-electron chi connectivity index (χ4n) is 1.97. The molecule has 0 fully saturated rings. The third-order valence-electron chi connectivity index (χ3n) is 3.57. The quantitative estimate of drug-likeness (QED) is 0.377. The van der Waals surface area contributed by atoms with Crippen LogP contribution in [0.3, 0.4) is 0 Å². The molecule has 1 unspecified atom stereocenters. The maximum Gasteiger partial charge on any atom is 0.211 e. The number of aliphatic imine (C=N–C) groups is 1. The average Bonchev–Trinajstić information content (AvgIpc) is 2.54. The van der Waals surface area contributed by atoms with E-state index in [2.05, 4.69) is 58.5 Å². The van der Waals surface area contributed by atoms with Crippen LogP contribution in [-0.4, -0.2) is 46.8 Å². The molecular weight excluding hydrogens is 312 g/mol. The lowest BCUT2D eigenvalue weighted by Gasteiger charge is -2.16. The van der Waals surface area contributed by atoms with E-state index in [0.29, 0.717) is 25.0 Å². The number of nitrogens with zero attached hydrogens (tertiary/aromatic N) is 1. The topological polar surface area (TPSA) is 82.6 Å². The summed E-state index contributed by atoms with van der Waals surface area (Å²) in [5.41, 5.74) is 2.52. The molecule has 0 radical (unpaired) electrons. The number of hydrogen-bond donors (Lipinski definition) is 3. The minimum Gasteiger partial charge on any atom is -0.356 e. The van der Waals surface area contributed by atoms with Crippen molar-refractivity contribution in [1.82, 2.24) is 15.4 Å². The van der Waals surface area contributed by atoms with Crippen LogP contribution in [0.5, 0.6) is 0 Å². The molecular formula is C16H28N4O2S. The van der Waals surface area contributed by atoms with Crippen LogP contribution in [-0.2, 0) is 10.0 Å². The second-order valence-electron chi connectivity index (χ2n) is 5.49. The van der Waals surface area contributed by atoms with Crippen LogP contribution in [0.2, 0.25) is 0 Å². The van der Waals surface area contributed by atoms with Gasteiger partial charge in [-0.2, -0.15) is 0 Å². The Morgan fingerprint density at radius 1 is 1.17 bits per heavy atom. The first kappa shape index (κ1) is 19.4. The van der Waals surface area contributed by atoms with Crippen molar-refractivity contribution in [3.8, 4) is 0 Å². The van der Waals surface area contributed by atoms with Crippen LogP contribution in [0.15, 0.2) is 29.3 Å². The van der Waals surface area contributed by atoms with Crippen LogP contribution >= 0.6 is 0 Å². The summed E-state index contributed by atoms with van der Waals surface area (Å²) < 4.78 is 25.2. The van der Waals surface area contributed by atoms with Crippen LogP contribution in [0.4, 0.5) is 0 Å². The first-order valence-corrected chi connectivity index (χ1v) is 9.51. The van der Waals surface area contributed by atoms with E-state index < -0.39 is 10.0 Å². The van der Waals surface area contributed by atoms with Gasteiger partial charge in [-0.05, 0) is 25.3 Å². The lowest BCUT2D eigenvalue weighted by molar-refractivity contribution is 0.581. The van der Waals surface area contributed by atoms with E-state index in [0.717, 1.165) is 6.54 Å². The van der Waals surface area contributed by atoms with E-state index in [1.165, 1.54) is 11.1 Å². The van der Waals surface area contributed by atoms with Crippen LogP contribution in [0.25, 0.3) is 0 Å². The maximum absolute atomic E-state index is 11.3. The average molecular weight is 340 g/mol. The molecule has 1 aromatic carbocycles. The number of sulfonamides is 1. The molecule has 0 amide bonds. The van der Waals surface area contributed by atoms with E-state index >= 15 is 0 Å². The van der Waals surface area contributed by atoms with Gasteiger partial charge in [0.25, 0.3) is 0 Å². The van der Waals surface area contributed by atoms with Gasteiger partial charge >= 0.3 is 0 Å². The summed E-state index contributed by atoms with van der Waals surface area (Å²) >= 11 is 0. The van der Waals surface area contributed by atoms with E-state index in [-0.39, 0.29) is 5.75 Å². The normalized spacial score (nSPS) is 13.7. The van der Waals surface area contributed by atoms with Gasteiger partial charge in [-0.3, -0.25) is 4.99 Å². The lowest BCUT2D eigenvalue weighted by atomic mass is 10.0. The standard InChI is InChI=1S/C16H28N4O2S/c1-5-23(21,22)20-11-10-18-16(17-4)19-12-14(3)15-8-6-13(2)7-9-15/h6-9,14,20H,5,10-12H2,1-4H3,(H2,17,18,19). The van der Waals surface area contributed by atoms with E-state index in [1.54, 1.807) is 14.0 Å². The Hall–Kier alpha value is -1.60. The molecule has 0 saturated heterocycles. The minimum absolute atomic E-state index is 0.0913. The molecule has 6 nitrogen and oxygen atoms in total. The zero-order chi connectivity index (χ0) is 17.3. The largest absolute Gasteiger partial charge is 0.356 e. The number of hydrogen-bond acceptors (Lipinski definition) is 3. The third kappa shape index (κ3) is 7.47. The van der Waals surface area contributed by atoms with Crippen molar-refractivity contribution in [2.75, 3.05) is 32.4 Å². The Kier molecular flexibility index (Phi) is 8.05. The molecule has 0 heterocycles. The summed E-state index contributed by atoms with van der Waals surface area (Å²) in [6, 6.07) is 8.49. The number of nitrogens with one attached hydrogen (secondary N) is 3. The summed E-state index contributed by atoms with van der Waals surface area (Å²) in [6.07, 6.45) is 0. The Bertz CT molecular complexity index is 597. The molecule has 0 aliphatic carbocycles. The predicted molar refractivity (Wildman–Crippen MR) is 96.4 cm³/mol. The minimum atomic E-state index is -3.14. The van der Waals surface area contributed by atoms with Crippen molar-refractivity contribution >= 4 is 16.0 Å². The van der Waals surface area contributed by atoms with Crippen molar-refractivity contribution in [3.63, 3.8) is 0 Å². The first-order valence-electron chi connectivity index (χ1n) is 7.86. The Balaban J connectivity index is 2.35. The number of aryl methyl sites for hydroxylation is 1. The van der Waals surface area contributed by atoms with Crippen molar-refractivity contribution in [2.24, 2.45) is 4.99 Å². The third-order valence-corrected chi connectivity index (χ3v) is 4.97. The summed E-state index contributed by atoms with van der Waals surface area (Å²) in [4.78, 5) is 4.14. The second kappa shape index (κ2) is 9.52. The van der Waals surface area contributed by atoms with Crippen LogP contribution in [0, 0.1) is 6.92 Å². The van der Waals surface area contributed by atoms with Crippen molar-refractivity contribution < 1.29 is 8.42 Å². The molecule has 1 atom stereocenters. The highest BCUT2D eigenvalue weighted by molar-refractivity contribution is 7.89. The summed E-state index contributed by atoms with van der Waals surface area (Å²) in [6.45, 7) is 7.42. The van der Waals surface area contributed by atoms with E-state index in [9.17, 15) is 8.42 Å². The lowest BCUT2D eigenvalue weighted by Crippen LogP contribution is -2.42. The molecule has 0 aliphatic rings. The monoisotopic (exact) mass is 340 g/mol. The Morgan fingerprint density at radius 2 is 1.83 bits per heavy atom. The molecule has 0 saturated carbocycles. The molecule has 7 heteroatoms. The highest BCUT2D eigenvalue weighted by atomic mass is 32.2. The zero-order valence-electron chi connectivity index (χ0n) is 14.4. The Morgan fingerprint density at radius 3 is 2.39 bits per heavy atom. The van der Waals surface area contributed by atoms with Gasteiger partial charge in [-0.25, -0.2) is 13.1 Å². The molecule has 3 N–H and O–H groups in total. The van der Waals surface area contributed by atoms with Gasteiger partial charge in [0.1, 0.15) is 0 Å². The summed E-state index contributed by atoms with van der Waals surface area (Å²) in [7, 11) is -1.44. The first-order chi connectivity index (χ1) is 10.9. The smallest absolute Gasteiger partial charge is 0.211 e. The molecule has 1 rings (SSSR count). The van der Waals surface area contributed by atoms with Gasteiger partial charge in [0, 0.05) is 26.7 Å². The van der Waals surface area contributed by atoms with E-state index in [1.807, 2.05) is 0 Å². The zero-order valence-corrected chi connectivity index (χ0v) is 15.2. The van der Waals surface area contributed by atoms with Crippen LogP contribution < -0.4 is 15.4 Å². The fraction of sp³-hybridized carbons (Fsp3) is 0.562. The molecule has 0 aliphatic heterocycles. The fourth-order valence-corrected chi connectivity index (χ4v) is 2.59. The summed E-state index contributed by atoms with van der Waals surface area (Å²) in [5, 5.41) is 6.35. The van der Waals surface area contributed by atoms with Gasteiger partial charge in [0.2, 0.25) is 10.0 Å². The molecule has 23 heavy (non-hydrogen) atoms. The number of rotatable bonds is 8. The Labute approximate surface area is 139 Å². The maximum atomic E-state index is 11.3. The summed E-state index contributed by atoms with van der Waals surface area (Å²) in [5.74, 6) is 1.11. The van der Waals surface area contributed by atoms with Crippen LogP contribution in [0.1, 0.15) is 30.9 Å². The van der Waals surface area contributed by atoms with Gasteiger partial charge < -0.3 is 10.6 Å². The number of guanidine groups is 1. The highest BCUT2D eigenvalue weighted by Crippen LogP contribution is 2.14. The van der Waals surface area contributed by atoms with Crippen molar-refractivity contribution in [1.29, 1.82) is 0 Å². The van der Waals surface area contributed by atoms with Crippen molar-refractivity contribution in [3.05, 3.63) is 35.4 Å². The predicted octanol–water partition coefficient (Wildman–Crippen LogP) is 1.20. The SMILES string of the molecule is CCS(=O)(=O)NCCNC(=NC)NCC(C)c1ccc(C)cc1. The second-order valence-corrected chi connectivity index (χ2v) is 7.58. The van der Waals surface area contributed by atoms with Gasteiger partial charge in [-0.15, -0.1) is 0 Å². The molecule has 1 aromatic rings. The molecule has 0 bridgehead atoms. The van der Waals surface area contributed by atoms with Gasteiger partial charge in [-0.1, -0.05) is 36.8 Å². The van der Waals surface area contributed by atoms with Gasteiger partial charge in [0.15, 0.2) is 5.96 Å². The molecule has 130 valence electrons. The highest BCUT2D eigenvalue weighted by Gasteiger charge is 2.07. The number of benzene rings is 1. The van der Waals surface area contributed by atoms with E-state index in [4.69, 9.17) is 0 Å².